The van der Waals surface area contributed by atoms with E-state index < -0.39 is 0 Å². The van der Waals surface area contributed by atoms with Crippen LogP contribution >= 0.6 is 0 Å². The Morgan fingerprint density at radius 1 is 1.12 bits per heavy atom. The molecular formula is C21H25NO4. The predicted octanol–water partition coefficient (Wildman–Crippen LogP) is 3.49. The summed E-state index contributed by atoms with van der Waals surface area (Å²) in [5.74, 6) is 1.94. The van der Waals surface area contributed by atoms with Crippen LogP contribution in [0.15, 0.2) is 42.5 Å². The van der Waals surface area contributed by atoms with Crippen molar-refractivity contribution in [3.63, 3.8) is 0 Å². The molecular weight excluding hydrogens is 330 g/mol. The van der Waals surface area contributed by atoms with Crippen LogP contribution in [0.4, 0.5) is 0 Å². The molecule has 1 heterocycles. The summed E-state index contributed by atoms with van der Waals surface area (Å²) >= 11 is 0. The van der Waals surface area contributed by atoms with Crippen LogP contribution in [0.25, 0.3) is 0 Å². The lowest BCUT2D eigenvalue weighted by Crippen LogP contribution is -2.40. The molecule has 0 spiro atoms. The molecule has 1 saturated heterocycles. The van der Waals surface area contributed by atoms with Crippen molar-refractivity contribution in [2.75, 3.05) is 26.8 Å². The molecule has 1 fully saturated rings. The highest BCUT2D eigenvalue weighted by atomic mass is 16.5. The number of rotatable bonds is 5. The van der Waals surface area contributed by atoms with Gasteiger partial charge in [-0.3, -0.25) is 4.79 Å². The van der Waals surface area contributed by atoms with Gasteiger partial charge in [-0.2, -0.15) is 0 Å². The Balaban J connectivity index is 1.52. The molecule has 138 valence electrons. The second-order valence-electron chi connectivity index (χ2n) is 6.69. The predicted molar refractivity (Wildman–Crippen MR) is 99.9 cm³/mol. The van der Waals surface area contributed by atoms with Crippen molar-refractivity contribution in [2.24, 2.45) is 0 Å². The van der Waals surface area contributed by atoms with Crippen LogP contribution in [0.3, 0.4) is 0 Å². The number of phenolic OH excluding ortho intramolecular Hbond substituents is 1. The molecule has 1 N–H and O–H groups in total. The van der Waals surface area contributed by atoms with Crippen molar-refractivity contribution < 1.29 is 19.4 Å². The second-order valence-corrected chi connectivity index (χ2v) is 6.69. The molecule has 5 nitrogen and oxygen atoms in total. The normalized spacial score (nSPS) is 14.9. The van der Waals surface area contributed by atoms with Gasteiger partial charge in [0.25, 0.3) is 5.91 Å². The fourth-order valence-electron chi connectivity index (χ4n) is 3.33. The van der Waals surface area contributed by atoms with Crippen molar-refractivity contribution >= 4 is 5.91 Å². The third-order valence-electron chi connectivity index (χ3n) is 4.88. The van der Waals surface area contributed by atoms with E-state index >= 15 is 0 Å². The molecule has 1 aliphatic heterocycles. The molecule has 5 heteroatoms. The molecule has 2 aromatic rings. The summed E-state index contributed by atoms with van der Waals surface area (Å²) < 4.78 is 11.0. The van der Waals surface area contributed by atoms with Gasteiger partial charge in [-0.25, -0.2) is 0 Å². The SMILES string of the molecule is COc1cc(C)ccc1OCC(=O)N1CCC(c2ccc(O)cc2)CC1. The number of likely N-dealkylation sites (tertiary alicyclic amines) is 1. The summed E-state index contributed by atoms with van der Waals surface area (Å²) in [5.41, 5.74) is 2.30. The summed E-state index contributed by atoms with van der Waals surface area (Å²) in [6.45, 7) is 3.44. The Labute approximate surface area is 154 Å². The minimum atomic E-state index is -0.00298. The standard InChI is InChI=1S/C21H25NO4/c1-15-3-8-19(20(13-15)25-2)26-14-21(24)22-11-9-17(10-12-22)16-4-6-18(23)7-5-16/h3-8,13,17,23H,9-12,14H2,1-2H3. The second kappa shape index (κ2) is 8.13. The average Bonchev–Trinajstić information content (AvgIpc) is 2.67. The molecule has 26 heavy (non-hydrogen) atoms. The maximum absolute atomic E-state index is 12.5. The highest BCUT2D eigenvalue weighted by Crippen LogP contribution is 2.30. The van der Waals surface area contributed by atoms with Crippen LogP contribution in [-0.2, 0) is 4.79 Å². The maximum Gasteiger partial charge on any atom is 0.260 e. The van der Waals surface area contributed by atoms with E-state index in [1.807, 2.05) is 42.2 Å². The fraction of sp³-hybridized carbons (Fsp3) is 0.381. The van der Waals surface area contributed by atoms with E-state index in [0.717, 1.165) is 31.5 Å². The van der Waals surface area contributed by atoms with E-state index in [2.05, 4.69) is 0 Å². The lowest BCUT2D eigenvalue weighted by Gasteiger charge is -2.32. The zero-order valence-electron chi connectivity index (χ0n) is 15.3. The molecule has 1 amide bonds. The van der Waals surface area contributed by atoms with Crippen molar-refractivity contribution in [1.82, 2.24) is 4.90 Å². The van der Waals surface area contributed by atoms with Gasteiger partial charge in [0, 0.05) is 13.1 Å². The van der Waals surface area contributed by atoms with Crippen molar-refractivity contribution in [1.29, 1.82) is 0 Å². The molecule has 0 atom stereocenters. The lowest BCUT2D eigenvalue weighted by atomic mass is 9.89. The van der Waals surface area contributed by atoms with E-state index in [1.54, 1.807) is 19.2 Å². The zero-order chi connectivity index (χ0) is 18.5. The number of piperidine rings is 1. The Morgan fingerprint density at radius 3 is 2.46 bits per heavy atom. The highest BCUT2D eigenvalue weighted by Gasteiger charge is 2.24. The quantitative estimate of drug-likeness (QED) is 0.892. The van der Waals surface area contributed by atoms with Crippen LogP contribution in [0.2, 0.25) is 0 Å². The molecule has 0 radical (unpaired) electrons. The number of aryl methyl sites for hydroxylation is 1. The number of methoxy groups -OCH3 is 1. The van der Waals surface area contributed by atoms with Crippen molar-refractivity contribution in [3.8, 4) is 17.2 Å². The Kier molecular flexibility index (Phi) is 5.66. The molecule has 2 aromatic carbocycles. The van der Waals surface area contributed by atoms with Crippen LogP contribution in [0, 0.1) is 6.92 Å². The molecule has 0 saturated carbocycles. The van der Waals surface area contributed by atoms with Gasteiger partial charge in [-0.05, 0) is 61.1 Å². The number of aromatic hydroxyl groups is 1. The zero-order valence-corrected chi connectivity index (χ0v) is 15.3. The number of carbonyl (C=O) groups is 1. The molecule has 0 unspecified atom stereocenters. The fourth-order valence-corrected chi connectivity index (χ4v) is 3.33. The molecule has 0 aromatic heterocycles. The summed E-state index contributed by atoms with van der Waals surface area (Å²) in [7, 11) is 1.59. The minimum absolute atomic E-state index is 0.00298. The van der Waals surface area contributed by atoms with Gasteiger partial charge in [0.05, 0.1) is 7.11 Å². The number of phenols is 1. The summed E-state index contributed by atoms with van der Waals surface area (Å²) in [6, 6.07) is 13.0. The number of ether oxygens (including phenoxy) is 2. The van der Waals surface area contributed by atoms with Crippen LogP contribution < -0.4 is 9.47 Å². The number of hydrogen-bond donors (Lipinski definition) is 1. The monoisotopic (exact) mass is 355 g/mol. The van der Waals surface area contributed by atoms with Gasteiger partial charge in [0.1, 0.15) is 5.75 Å². The first-order valence-electron chi connectivity index (χ1n) is 8.91. The van der Waals surface area contributed by atoms with Crippen LogP contribution in [0.5, 0.6) is 17.2 Å². The first-order valence-corrected chi connectivity index (χ1v) is 8.91. The van der Waals surface area contributed by atoms with Crippen LogP contribution in [-0.4, -0.2) is 42.7 Å². The van der Waals surface area contributed by atoms with Gasteiger partial charge in [-0.15, -0.1) is 0 Å². The van der Waals surface area contributed by atoms with E-state index in [9.17, 15) is 9.90 Å². The summed E-state index contributed by atoms with van der Waals surface area (Å²) in [4.78, 5) is 14.3. The van der Waals surface area contributed by atoms with E-state index in [1.165, 1.54) is 5.56 Å². The largest absolute Gasteiger partial charge is 0.508 e. The van der Waals surface area contributed by atoms with Crippen LogP contribution in [0.1, 0.15) is 29.9 Å². The molecule has 1 aliphatic rings. The summed E-state index contributed by atoms with van der Waals surface area (Å²) in [5, 5.41) is 9.40. The van der Waals surface area contributed by atoms with Gasteiger partial charge >= 0.3 is 0 Å². The van der Waals surface area contributed by atoms with Gasteiger partial charge in [0.2, 0.25) is 0 Å². The minimum Gasteiger partial charge on any atom is -0.508 e. The number of carbonyl (C=O) groups excluding carboxylic acids is 1. The third-order valence-corrected chi connectivity index (χ3v) is 4.88. The molecule has 0 aliphatic carbocycles. The number of amides is 1. The van der Waals surface area contributed by atoms with Crippen molar-refractivity contribution in [3.05, 3.63) is 53.6 Å². The maximum atomic E-state index is 12.5. The first-order chi connectivity index (χ1) is 12.6. The van der Waals surface area contributed by atoms with E-state index in [4.69, 9.17) is 9.47 Å². The Bertz CT molecular complexity index is 749. The topological polar surface area (TPSA) is 59.0 Å². The molecule has 3 rings (SSSR count). The first kappa shape index (κ1) is 18.1. The number of benzene rings is 2. The highest BCUT2D eigenvalue weighted by molar-refractivity contribution is 5.78. The van der Waals surface area contributed by atoms with Gasteiger partial charge in [-0.1, -0.05) is 18.2 Å². The lowest BCUT2D eigenvalue weighted by molar-refractivity contribution is -0.134. The number of hydrogen-bond acceptors (Lipinski definition) is 4. The third kappa shape index (κ3) is 4.28. The Morgan fingerprint density at radius 2 is 1.81 bits per heavy atom. The Hall–Kier alpha value is -2.69. The van der Waals surface area contributed by atoms with Gasteiger partial charge < -0.3 is 19.5 Å². The smallest absolute Gasteiger partial charge is 0.260 e. The van der Waals surface area contributed by atoms with Gasteiger partial charge in [0.15, 0.2) is 18.1 Å². The average molecular weight is 355 g/mol. The van der Waals surface area contributed by atoms with E-state index in [0.29, 0.717) is 17.4 Å². The van der Waals surface area contributed by atoms with E-state index in [-0.39, 0.29) is 18.3 Å². The molecule has 0 bridgehead atoms. The number of nitrogens with zero attached hydrogens (tertiary/aromatic N) is 1. The summed E-state index contributed by atoms with van der Waals surface area (Å²) in [6.07, 6.45) is 1.84. The van der Waals surface area contributed by atoms with Crippen molar-refractivity contribution in [2.45, 2.75) is 25.7 Å².